The molecular weight excluding hydrogens is 376 g/mol. The molecular formula is C21H22N2O6. The van der Waals surface area contributed by atoms with E-state index < -0.39 is 11.6 Å². The van der Waals surface area contributed by atoms with E-state index in [0.717, 1.165) is 18.7 Å². The fourth-order valence-electron chi connectivity index (χ4n) is 3.62. The number of hydrogen-bond donors (Lipinski definition) is 0. The minimum absolute atomic E-state index is 0.0234. The molecule has 4 rings (SSSR count). The molecule has 0 atom stereocenters. The van der Waals surface area contributed by atoms with Crippen LogP contribution in [0.5, 0.6) is 5.75 Å². The molecule has 0 saturated heterocycles. The molecule has 0 N–H and O–H groups in total. The number of aromatic nitrogens is 2. The second kappa shape index (κ2) is 8.46. The number of fused-ring (bicyclic) bond motifs is 1. The van der Waals surface area contributed by atoms with Crippen LogP contribution in [0.3, 0.4) is 0 Å². The molecule has 0 aliphatic heterocycles. The number of esters is 1. The minimum Gasteiger partial charge on any atom is -0.497 e. The zero-order valence-corrected chi connectivity index (χ0v) is 16.2. The predicted molar refractivity (Wildman–Crippen MR) is 103 cm³/mol. The van der Waals surface area contributed by atoms with Crippen LogP contribution in [0.4, 0.5) is 0 Å². The molecule has 0 bridgehead atoms. The van der Waals surface area contributed by atoms with Crippen molar-refractivity contribution in [1.29, 1.82) is 0 Å². The Balaban J connectivity index is 1.35. The van der Waals surface area contributed by atoms with Crippen LogP contribution in [0.1, 0.15) is 55.3 Å². The zero-order valence-electron chi connectivity index (χ0n) is 16.2. The van der Waals surface area contributed by atoms with Crippen LogP contribution in [-0.4, -0.2) is 23.2 Å². The van der Waals surface area contributed by atoms with Crippen molar-refractivity contribution < 1.29 is 23.2 Å². The summed E-state index contributed by atoms with van der Waals surface area (Å²) in [5, 5.41) is 4.73. The summed E-state index contributed by atoms with van der Waals surface area (Å²) in [6.45, 7) is -0.0234. The van der Waals surface area contributed by atoms with Gasteiger partial charge in [0.15, 0.2) is 5.82 Å². The van der Waals surface area contributed by atoms with Crippen LogP contribution < -0.4 is 10.4 Å². The molecule has 0 radical (unpaired) electrons. The number of ether oxygens (including phenoxy) is 2. The monoisotopic (exact) mass is 398 g/mol. The van der Waals surface area contributed by atoms with Gasteiger partial charge < -0.3 is 18.4 Å². The van der Waals surface area contributed by atoms with E-state index in [1.54, 1.807) is 18.2 Å². The Morgan fingerprint density at radius 3 is 2.86 bits per heavy atom. The van der Waals surface area contributed by atoms with Crippen molar-refractivity contribution in [2.45, 2.75) is 51.0 Å². The largest absolute Gasteiger partial charge is 0.497 e. The first-order chi connectivity index (χ1) is 14.1. The van der Waals surface area contributed by atoms with Gasteiger partial charge in [-0.15, -0.1) is 0 Å². The molecule has 8 heteroatoms. The van der Waals surface area contributed by atoms with E-state index >= 15 is 0 Å². The van der Waals surface area contributed by atoms with Gasteiger partial charge in [0.05, 0.1) is 13.5 Å². The third-order valence-corrected chi connectivity index (χ3v) is 5.17. The van der Waals surface area contributed by atoms with Gasteiger partial charge in [-0.1, -0.05) is 18.0 Å². The Labute approximate surface area is 166 Å². The van der Waals surface area contributed by atoms with Gasteiger partial charge in [-0.25, -0.2) is 4.79 Å². The predicted octanol–water partition coefficient (Wildman–Crippen LogP) is 3.52. The number of carbonyl (C=O) groups excluding carboxylic acids is 1. The molecule has 1 aliphatic rings. The topological polar surface area (TPSA) is 105 Å². The molecule has 2 aromatic heterocycles. The van der Waals surface area contributed by atoms with Crippen molar-refractivity contribution in [3.8, 4) is 5.75 Å². The molecule has 0 unspecified atom stereocenters. The molecule has 1 fully saturated rings. The van der Waals surface area contributed by atoms with Crippen LogP contribution in [-0.2, 0) is 22.6 Å². The lowest BCUT2D eigenvalue weighted by atomic mass is 10.1. The molecule has 29 heavy (non-hydrogen) atoms. The van der Waals surface area contributed by atoms with Gasteiger partial charge >= 0.3 is 11.6 Å². The third kappa shape index (κ3) is 4.47. The average Bonchev–Trinajstić information content (AvgIpc) is 3.41. The summed E-state index contributed by atoms with van der Waals surface area (Å²) < 4.78 is 20.9. The van der Waals surface area contributed by atoms with Gasteiger partial charge in [-0.05, 0) is 25.0 Å². The molecule has 152 valence electrons. The number of carbonyl (C=O) groups is 1. The normalized spacial score (nSPS) is 14.4. The summed E-state index contributed by atoms with van der Waals surface area (Å²) >= 11 is 0. The van der Waals surface area contributed by atoms with Crippen LogP contribution >= 0.6 is 0 Å². The van der Waals surface area contributed by atoms with E-state index in [9.17, 15) is 9.59 Å². The van der Waals surface area contributed by atoms with E-state index in [4.69, 9.17) is 18.4 Å². The minimum atomic E-state index is -0.512. The van der Waals surface area contributed by atoms with Gasteiger partial charge in [0.25, 0.3) is 0 Å². The first-order valence-electron chi connectivity index (χ1n) is 9.71. The van der Waals surface area contributed by atoms with Crippen LogP contribution in [0, 0.1) is 0 Å². The fourth-order valence-corrected chi connectivity index (χ4v) is 3.62. The zero-order chi connectivity index (χ0) is 20.2. The summed E-state index contributed by atoms with van der Waals surface area (Å²) in [5.41, 5.74) is 0.448. The summed E-state index contributed by atoms with van der Waals surface area (Å²) in [6.07, 6.45) is 5.02. The second-order valence-corrected chi connectivity index (χ2v) is 7.14. The first kappa shape index (κ1) is 19.2. The van der Waals surface area contributed by atoms with Gasteiger partial charge in [-0.2, -0.15) is 4.98 Å². The fraction of sp³-hybridized carbons (Fsp3) is 0.429. The molecule has 0 amide bonds. The number of nitrogens with zero attached hydrogens (tertiary/aromatic N) is 2. The molecule has 1 saturated carbocycles. The van der Waals surface area contributed by atoms with Gasteiger partial charge in [0.2, 0.25) is 5.89 Å². The molecule has 0 spiro atoms. The molecule has 8 nitrogen and oxygen atoms in total. The van der Waals surface area contributed by atoms with Crippen molar-refractivity contribution in [2.24, 2.45) is 0 Å². The summed E-state index contributed by atoms with van der Waals surface area (Å²) in [6, 6.07) is 6.47. The maximum absolute atomic E-state index is 12.1. The van der Waals surface area contributed by atoms with Gasteiger partial charge in [0.1, 0.15) is 17.9 Å². The number of methoxy groups -OCH3 is 1. The number of benzene rings is 1. The number of aryl methyl sites for hydroxylation is 1. The lowest BCUT2D eigenvalue weighted by Gasteiger charge is -2.08. The van der Waals surface area contributed by atoms with Crippen LogP contribution in [0.2, 0.25) is 0 Å². The highest BCUT2D eigenvalue weighted by Gasteiger charge is 2.22. The van der Waals surface area contributed by atoms with Crippen LogP contribution in [0.15, 0.2) is 38.0 Å². The van der Waals surface area contributed by atoms with Gasteiger partial charge in [0, 0.05) is 35.4 Å². The first-order valence-corrected chi connectivity index (χ1v) is 9.71. The SMILES string of the molecule is COc1ccc2c(COC(=O)CCc3nc(C4CCCC4)no3)cc(=O)oc2c1. The number of hydrogen-bond acceptors (Lipinski definition) is 8. The molecule has 2 heterocycles. The molecule has 3 aromatic rings. The Kier molecular flexibility index (Phi) is 5.59. The average molecular weight is 398 g/mol. The quantitative estimate of drug-likeness (QED) is 0.440. The van der Waals surface area contributed by atoms with Crippen LogP contribution in [0.25, 0.3) is 11.0 Å². The van der Waals surface area contributed by atoms with E-state index in [2.05, 4.69) is 10.1 Å². The van der Waals surface area contributed by atoms with E-state index in [0.29, 0.717) is 40.5 Å². The molecule has 1 aliphatic carbocycles. The second-order valence-electron chi connectivity index (χ2n) is 7.14. The Morgan fingerprint density at radius 1 is 1.24 bits per heavy atom. The van der Waals surface area contributed by atoms with Gasteiger partial charge in [-0.3, -0.25) is 4.79 Å². The van der Waals surface area contributed by atoms with E-state index in [-0.39, 0.29) is 13.0 Å². The van der Waals surface area contributed by atoms with Crippen molar-refractivity contribution in [3.05, 3.63) is 52.0 Å². The Morgan fingerprint density at radius 2 is 2.07 bits per heavy atom. The van der Waals surface area contributed by atoms with E-state index in [1.807, 2.05) is 0 Å². The summed E-state index contributed by atoms with van der Waals surface area (Å²) in [7, 11) is 1.53. The lowest BCUT2D eigenvalue weighted by molar-refractivity contribution is -0.145. The van der Waals surface area contributed by atoms with Crippen molar-refractivity contribution in [2.75, 3.05) is 7.11 Å². The summed E-state index contributed by atoms with van der Waals surface area (Å²) in [4.78, 5) is 28.3. The summed E-state index contributed by atoms with van der Waals surface area (Å²) in [5.74, 6) is 1.73. The highest BCUT2D eigenvalue weighted by molar-refractivity contribution is 5.81. The van der Waals surface area contributed by atoms with Crippen molar-refractivity contribution in [3.63, 3.8) is 0 Å². The highest BCUT2D eigenvalue weighted by atomic mass is 16.5. The number of rotatable bonds is 7. The Bertz CT molecular complexity index is 1060. The molecule has 1 aromatic carbocycles. The van der Waals surface area contributed by atoms with Crippen molar-refractivity contribution in [1.82, 2.24) is 10.1 Å². The maximum atomic E-state index is 12.1. The standard InChI is InChI=1S/C21H22N2O6/c1-26-15-6-7-16-14(10-20(25)28-17(16)11-15)12-27-19(24)9-8-18-22-21(23-29-18)13-4-2-3-5-13/h6-7,10-11,13H,2-5,8-9,12H2,1H3. The smallest absolute Gasteiger partial charge is 0.336 e. The lowest BCUT2D eigenvalue weighted by Crippen LogP contribution is -2.08. The van der Waals surface area contributed by atoms with E-state index in [1.165, 1.54) is 26.0 Å². The Hall–Kier alpha value is -3.16. The maximum Gasteiger partial charge on any atom is 0.336 e. The highest BCUT2D eigenvalue weighted by Crippen LogP contribution is 2.32. The third-order valence-electron chi connectivity index (χ3n) is 5.17. The van der Waals surface area contributed by atoms with Crippen molar-refractivity contribution >= 4 is 16.9 Å².